The molecule has 1 unspecified atom stereocenters. The zero-order valence-electron chi connectivity index (χ0n) is 13.4. The Kier molecular flexibility index (Phi) is 5.69. The zero-order chi connectivity index (χ0) is 17.9. The number of aromatic nitrogens is 2. The monoisotopic (exact) mass is 403 g/mol. The Labute approximate surface area is 146 Å². The smallest absolute Gasteiger partial charge is 0.421 e. The minimum Gasteiger partial charge on any atom is -0.460 e. The molecule has 0 spiro atoms. The molecule has 24 heavy (non-hydrogen) atoms. The number of hydrogen-bond donors (Lipinski definition) is 0. The summed E-state index contributed by atoms with van der Waals surface area (Å²) in [5.74, 6) is -0.261. The van der Waals surface area contributed by atoms with Crippen LogP contribution in [0.25, 0.3) is 0 Å². The minimum absolute atomic E-state index is 0.0775. The van der Waals surface area contributed by atoms with E-state index in [-0.39, 0.29) is 17.9 Å². The first-order chi connectivity index (χ1) is 11.2. The quantitative estimate of drug-likeness (QED) is 0.687. The molecular formula is C16H17BrF3N3O. The van der Waals surface area contributed by atoms with Gasteiger partial charge in [-0.25, -0.2) is 4.98 Å². The number of benzene rings is 1. The van der Waals surface area contributed by atoms with Gasteiger partial charge < -0.3 is 9.64 Å². The third-order valence-electron chi connectivity index (χ3n) is 3.46. The summed E-state index contributed by atoms with van der Waals surface area (Å²) >= 11 is 3.34. The van der Waals surface area contributed by atoms with Crippen LogP contribution < -0.4 is 9.64 Å². The third kappa shape index (κ3) is 4.17. The van der Waals surface area contributed by atoms with E-state index in [0.717, 1.165) is 6.20 Å². The van der Waals surface area contributed by atoms with Crippen molar-refractivity contribution in [2.45, 2.75) is 32.5 Å². The fourth-order valence-electron chi connectivity index (χ4n) is 1.97. The average molecular weight is 404 g/mol. The fourth-order valence-corrected chi connectivity index (χ4v) is 2.52. The van der Waals surface area contributed by atoms with Crippen molar-refractivity contribution in [1.29, 1.82) is 0 Å². The van der Waals surface area contributed by atoms with Crippen molar-refractivity contribution >= 4 is 27.4 Å². The predicted molar refractivity (Wildman–Crippen MR) is 89.6 cm³/mol. The fraction of sp³-hybridized carbons (Fsp3) is 0.375. The van der Waals surface area contributed by atoms with E-state index < -0.39 is 11.7 Å². The molecule has 0 saturated carbocycles. The van der Waals surface area contributed by atoms with E-state index >= 15 is 0 Å². The molecule has 0 aliphatic heterocycles. The summed E-state index contributed by atoms with van der Waals surface area (Å²) in [4.78, 5) is 9.06. The lowest BCUT2D eigenvalue weighted by molar-refractivity contribution is -0.137. The van der Waals surface area contributed by atoms with Crippen LogP contribution in [-0.4, -0.2) is 23.1 Å². The first kappa shape index (κ1) is 18.5. The maximum Gasteiger partial charge on any atom is 0.421 e. The van der Waals surface area contributed by atoms with Crippen LogP contribution in [0.15, 0.2) is 34.9 Å². The Hall–Kier alpha value is -1.83. The van der Waals surface area contributed by atoms with Gasteiger partial charge in [-0.1, -0.05) is 19.1 Å². The van der Waals surface area contributed by atoms with Gasteiger partial charge in [-0.05, 0) is 41.4 Å². The van der Waals surface area contributed by atoms with Crippen LogP contribution in [0, 0.1) is 0 Å². The summed E-state index contributed by atoms with van der Waals surface area (Å²) in [6.07, 6.45) is -3.31. The second-order valence-electron chi connectivity index (χ2n) is 5.23. The van der Waals surface area contributed by atoms with Crippen LogP contribution in [0.5, 0.6) is 6.01 Å². The summed E-state index contributed by atoms with van der Waals surface area (Å²) in [5.41, 5.74) is -0.367. The molecule has 0 amide bonds. The molecule has 1 aromatic carbocycles. The van der Waals surface area contributed by atoms with Gasteiger partial charge in [-0.2, -0.15) is 18.2 Å². The van der Waals surface area contributed by atoms with E-state index in [1.165, 1.54) is 11.9 Å². The molecular weight excluding hydrogens is 387 g/mol. The van der Waals surface area contributed by atoms with E-state index in [1.807, 2.05) is 6.92 Å². The van der Waals surface area contributed by atoms with Crippen molar-refractivity contribution in [2.75, 3.05) is 11.9 Å². The molecule has 0 aliphatic carbocycles. The highest BCUT2D eigenvalue weighted by Crippen LogP contribution is 2.39. The van der Waals surface area contributed by atoms with Gasteiger partial charge >= 0.3 is 12.2 Å². The molecule has 2 aromatic rings. The highest BCUT2D eigenvalue weighted by molar-refractivity contribution is 9.10. The second-order valence-corrected chi connectivity index (χ2v) is 6.09. The molecule has 1 atom stereocenters. The number of ether oxygens (including phenoxy) is 1. The highest BCUT2D eigenvalue weighted by Gasteiger charge is 2.37. The van der Waals surface area contributed by atoms with Crippen LogP contribution in [-0.2, 0) is 6.18 Å². The summed E-state index contributed by atoms with van der Waals surface area (Å²) < 4.78 is 46.1. The van der Waals surface area contributed by atoms with Crippen LogP contribution in [0.2, 0.25) is 0 Å². The van der Waals surface area contributed by atoms with Crippen LogP contribution >= 0.6 is 15.9 Å². The number of rotatable bonds is 5. The van der Waals surface area contributed by atoms with Crippen LogP contribution in [0.4, 0.5) is 24.7 Å². The lowest BCUT2D eigenvalue weighted by Crippen LogP contribution is -2.20. The van der Waals surface area contributed by atoms with Gasteiger partial charge in [0.25, 0.3) is 0 Å². The molecule has 0 bridgehead atoms. The van der Waals surface area contributed by atoms with Crippen molar-refractivity contribution in [3.8, 4) is 6.01 Å². The maximum atomic E-state index is 13.3. The largest absolute Gasteiger partial charge is 0.460 e. The summed E-state index contributed by atoms with van der Waals surface area (Å²) in [6, 6.07) is 6.88. The first-order valence-electron chi connectivity index (χ1n) is 7.33. The lowest BCUT2D eigenvalue weighted by atomic mass is 10.2. The molecule has 0 saturated heterocycles. The SMILES string of the molecule is CCC(C)Oc1ncc(C(F)(F)F)c(N(C)c2ccccc2Br)n1. The van der Waals surface area contributed by atoms with E-state index in [9.17, 15) is 13.2 Å². The molecule has 1 aromatic heterocycles. The van der Waals surface area contributed by atoms with Crippen molar-refractivity contribution in [3.05, 3.63) is 40.5 Å². The Balaban J connectivity index is 2.51. The van der Waals surface area contributed by atoms with Crippen LogP contribution in [0.3, 0.4) is 0 Å². The number of hydrogen-bond acceptors (Lipinski definition) is 4. The van der Waals surface area contributed by atoms with E-state index in [4.69, 9.17) is 4.74 Å². The molecule has 8 heteroatoms. The summed E-state index contributed by atoms with van der Waals surface area (Å²) in [6.45, 7) is 3.71. The van der Waals surface area contributed by atoms with Crippen molar-refractivity contribution in [1.82, 2.24) is 9.97 Å². The van der Waals surface area contributed by atoms with Gasteiger partial charge in [0.1, 0.15) is 5.56 Å². The topological polar surface area (TPSA) is 38.2 Å². The highest BCUT2D eigenvalue weighted by atomic mass is 79.9. The molecule has 130 valence electrons. The molecule has 0 fully saturated rings. The molecule has 4 nitrogen and oxygen atoms in total. The normalized spacial score (nSPS) is 12.8. The number of anilines is 2. The van der Waals surface area contributed by atoms with Crippen LogP contribution in [0.1, 0.15) is 25.8 Å². The number of nitrogens with zero attached hydrogens (tertiary/aromatic N) is 3. The Bertz CT molecular complexity index is 709. The van der Waals surface area contributed by atoms with E-state index in [1.54, 1.807) is 31.2 Å². The number of para-hydroxylation sites is 1. The van der Waals surface area contributed by atoms with E-state index in [2.05, 4.69) is 25.9 Å². The summed E-state index contributed by atoms with van der Waals surface area (Å²) in [5, 5.41) is 0. The number of alkyl halides is 3. The molecule has 0 N–H and O–H groups in total. The molecule has 1 heterocycles. The van der Waals surface area contributed by atoms with Crippen molar-refractivity contribution < 1.29 is 17.9 Å². The zero-order valence-corrected chi connectivity index (χ0v) is 15.0. The van der Waals surface area contributed by atoms with E-state index in [0.29, 0.717) is 16.6 Å². The number of halogens is 4. The lowest BCUT2D eigenvalue weighted by Gasteiger charge is -2.24. The van der Waals surface area contributed by atoms with Gasteiger partial charge in [0, 0.05) is 17.7 Å². The standard InChI is InChI=1S/C16H17BrF3N3O/c1-4-10(2)24-15-21-9-11(16(18,19)20)14(22-15)23(3)13-8-6-5-7-12(13)17/h5-10H,4H2,1-3H3. The second kappa shape index (κ2) is 7.38. The first-order valence-corrected chi connectivity index (χ1v) is 8.12. The van der Waals surface area contributed by atoms with Gasteiger partial charge in [0.05, 0.1) is 11.8 Å². The molecule has 0 radical (unpaired) electrons. The molecule has 2 rings (SSSR count). The van der Waals surface area contributed by atoms with Gasteiger partial charge in [0.15, 0.2) is 5.82 Å². The third-order valence-corrected chi connectivity index (χ3v) is 4.14. The summed E-state index contributed by atoms with van der Waals surface area (Å²) in [7, 11) is 1.52. The minimum atomic E-state index is -4.57. The Morgan fingerprint density at radius 1 is 1.29 bits per heavy atom. The maximum absolute atomic E-state index is 13.3. The Morgan fingerprint density at radius 2 is 1.96 bits per heavy atom. The van der Waals surface area contributed by atoms with Crippen molar-refractivity contribution in [2.24, 2.45) is 0 Å². The predicted octanol–water partition coefficient (Wildman–Crippen LogP) is 5.20. The van der Waals surface area contributed by atoms with Gasteiger partial charge in [-0.15, -0.1) is 0 Å². The van der Waals surface area contributed by atoms with Crippen molar-refractivity contribution in [3.63, 3.8) is 0 Å². The van der Waals surface area contributed by atoms with Gasteiger partial charge in [0.2, 0.25) is 0 Å². The molecule has 0 aliphatic rings. The van der Waals surface area contributed by atoms with Gasteiger partial charge in [-0.3, -0.25) is 0 Å². The Morgan fingerprint density at radius 3 is 2.54 bits per heavy atom. The average Bonchev–Trinajstić information content (AvgIpc) is 2.53.